The third-order valence-corrected chi connectivity index (χ3v) is 3.60. The summed E-state index contributed by atoms with van der Waals surface area (Å²) in [7, 11) is 0. The van der Waals surface area contributed by atoms with Gasteiger partial charge in [-0.25, -0.2) is 0 Å². The lowest BCUT2D eigenvalue weighted by molar-refractivity contribution is -0.163. The normalized spacial score (nSPS) is 33.2. The van der Waals surface area contributed by atoms with Gasteiger partial charge in [0.25, 0.3) is 5.91 Å². The van der Waals surface area contributed by atoms with Crippen LogP contribution in [0.15, 0.2) is 0 Å². The zero-order valence-electron chi connectivity index (χ0n) is 10.5. The second-order valence-electron chi connectivity index (χ2n) is 4.87. The van der Waals surface area contributed by atoms with E-state index in [1.165, 1.54) is 0 Å². The molecular formula is C12H19NO5. The Labute approximate surface area is 106 Å². The molecule has 0 spiro atoms. The Hall–Kier alpha value is -1.14. The van der Waals surface area contributed by atoms with Gasteiger partial charge in [-0.2, -0.15) is 0 Å². The number of carboxylic acid groups (broad SMARTS) is 1. The highest BCUT2D eigenvalue weighted by Crippen LogP contribution is 2.24. The summed E-state index contributed by atoms with van der Waals surface area (Å²) >= 11 is 0. The monoisotopic (exact) mass is 257 g/mol. The van der Waals surface area contributed by atoms with Gasteiger partial charge in [0.15, 0.2) is 6.10 Å². The first-order chi connectivity index (χ1) is 8.59. The number of rotatable bonds is 2. The standard InChI is InChI=1S/C12H19NO5/c1-8-6-9(12(15)16)2-3-13(8)11(14)10-7-17-4-5-18-10/h8-10H,2-7H2,1H3,(H,15,16). The Balaban J connectivity index is 1.93. The quantitative estimate of drug-likeness (QED) is 0.760. The minimum absolute atomic E-state index is 0.0575. The summed E-state index contributed by atoms with van der Waals surface area (Å²) < 4.78 is 10.6. The lowest BCUT2D eigenvalue weighted by Crippen LogP contribution is -2.52. The van der Waals surface area contributed by atoms with Gasteiger partial charge in [-0.1, -0.05) is 0 Å². The van der Waals surface area contributed by atoms with Crippen molar-refractivity contribution in [3.63, 3.8) is 0 Å². The number of nitrogens with zero attached hydrogens (tertiary/aromatic N) is 1. The highest BCUT2D eigenvalue weighted by Gasteiger charge is 2.36. The number of amides is 1. The number of carbonyl (C=O) groups excluding carboxylic acids is 1. The average molecular weight is 257 g/mol. The number of ether oxygens (including phenoxy) is 2. The van der Waals surface area contributed by atoms with E-state index in [0.717, 1.165) is 0 Å². The SMILES string of the molecule is CC1CC(C(=O)O)CCN1C(=O)C1COCCO1. The number of likely N-dealkylation sites (tertiary alicyclic amines) is 1. The molecule has 3 unspecified atom stereocenters. The van der Waals surface area contributed by atoms with Crippen LogP contribution >= 0.6 is 0 Å². The zero-order valence-corrected chi connectivity index (χ0v) is 10.5. The van der Waals surface area contributed by atoms with Crippen LogP contribution in [0.5, 0.6) is 0 Å². The van der Waals surface area contributed by atoms with Gasteiger partial charge in [-0.15, -0.1) is 0 Å². The van der Waals surface area contributed by atoms with Crippen LogP contribution < -0.4 is 0 Å². The molecule has 0 saturated carbocycles. The fourth-order valence-electron chi connectivity index (χ4n) is 2.54. The number of piperidine rings is 1. The van der Waals surface area contributed by atoms with Crippen molar-refractivity contribution in [2.75, 3.05) is 26.4 Å². The Morgan fingerprint density at radius 3 is 2.67 bits per heavy atom. The average Bonchev–Trinajstić information content (AvgIpc) is 2.38. The van der Waals surface area contributed by atoms with Crippen LogP contribution in [0.3, 0.4) is 0 Å². The molecule has 6 heteroatoms. The van der Waals surface area contributed by atoms with Crippen LogP contribution in [0.1, 0.15) is 19.8 Å². The van der Waals surface area contributed by atoms with Crippen LogP contribution in [0, 0.1) is 5.92 Å². The maximum Gasteiger partial charge on any atom is 0.306 e. The number of hydrogen-bond donors (Lipinski definition) is 1. The van der Waals surface area contributed by atoms with Gasteiger partial charge in [0.1, 0.15) is 0 Å². The molecule has 102 valence electrons. The lowest BCUT2D eigenvalue weighted by atomic mass is 9.91. The molecule has 0 aromatic heterocycles. The van der Waals surface area contributed by atoms with Crippen LogP contribution in [-0.4, -0.2) is 60.4 Å². The first kappa shape index (κ1) is 13.3. The van der Waals surface area contributed by atoms with Gasteiger partial charge in [0.05, 0.1) is 25.7 Å². The van der Waals surface area contributed by atoms with Gasteiger partial charge >= 0.3 is 5.97 Å². The van der Waals surface area contributed by atoms with Gasteiger partial charge in [-0.3, -0.25) is 9.59 Å². The predicted molar refractivity (Wildman–Crippen MR) is 62.1 cm³/mol. The summed E-state index contributed by atoms with van der Waals surface area (Å²) in [4.78, 5) is 24.9. The van der Waals surface area contributed by atoms with Gasteiger partial charge in [0.2, 0.25) is 0 Å². The summed E-state index contributed by atoms with van der Waals surface area (Å²) in [6, 6.07) is -0.0575. The van der Waals surface area contributed by atoms with Crippen molar-refractivity contribution in [1.82, 2.24) is 4.90 Å². The smallest absolute Gasteiger partial charge is 0.306 e. The molecule has 0 radical (unpaired) electrons. The van der Waals surface area contributed by atoms with E-state index in [4.69, 9.17) is 14.6 Å². The van der Waals surface area contributed by atoms with E-state index in [2.05, 4.69) is 0 Å². The van der Waals surface area contributed by atoms with Crippen molar-refractivity contribution in [2.45, 2.75) is 31.9 Å². The topological polar surface area (TPSA) is 76.1 Å². The molecule has 3 atom stereocenters. The van der Waals surface area contributed by atoms with E-state index in [1.807, 2.05) is 6.92 Å². The number of carboxylic acids is 1. The maximum absolute atomic E-state index is 12.2. The summed E-state index contributed by atoms with van der Waals surface area (Å²) in [5.74, 6) is -1.19. The van der Waals surface area contributed by atoms with Crippen molar-refractivity contribution >= 4 is 11.9 Å². The minimum atomic E-state index is -0.772. The number of hydrogen-bond acceptors (Lipinski definition) is 4. The second kappa shape index (κ2) is 5.67. The van der Waals surface area contributed by atoms with E-state index in [-0.39, 0.29) is 17.9 Å². The number of aliphatic carboxylic acids is 1. The van der Waals surface area contributed by atoms with Crippen molar-refractivity contribution in [2.24, 2.45) is 5.92 Å². The molecule has 2 aliphatic rings. The van der Waals surface area contributed by atoms with Gasteiger partial charge in [-0.05, 0) is 19.8 Å². The molecule has 0 aliphatic carbocycles. The van der Waals surface area contributed by atoms with Crippen LogP contribution in [0.25, 0.3) is 0 Å². The Kier molecular flexibility index (Phi) is 4.19. The molecule has 6 nitrogen and oxygen atoms in total. The Morgan fingerprint density at radius 2 is 2.11 bits per heavy atom. The molecule has 2 saturated heterocycles. The van der Waals surface area contributed by atoms with E-state index < -0.39 is 12.1 Å². The molecule has 1 N–H and O–H groups in total. The molecule has 2 heterocycles. The molecular weight excluding hydrogens is 238 g/mol. The highest BCUT2D eigenvalue weighted by molar-refractivity contribution is 5.82. The molecule has 2 aliphatic heterocycles. The molecule has 2 rings (SSSR count). The summed E-state index contributed by atoms with van der Waals surface area (Å²) in [5.41, 5.74) is 0. The third-order valence-electron chi connectivity index (χ3n) is 3.60. The van der Waals surface area contributed by atoms with Gasteiger partial charge in [0, 0.05) is 12.6 Å². The number of carbonyl (C=O) groups is 2. The Bertz CT molecular complexity index is 326. The van der Waals surface area contributed by atoms with Crippen molar-refractivity contribution in [1.29, 1.82) is 0 Å². The zero-order chi connectivity index (χ0) is 13.1. The molecule has 1 amide bonds. The molecule has 18 heavy (non-hydrogen) atoms. The van der Waals surface area contributed by atoms with Gasteiger partial charge < -0.3 is 19.5 Å². The van der Waals surface area contributed by atoms with E-state index in [9.17, 15) is 9.59 Å². The molecule has 2 fully saturated rings. The predicted octanol–water partition coefficient (Wildman–Crippen LogP) is 0.114. The lowest BCUT2D eigenvalue weighted by Gasteiger charge is -2.38. The van der Waals surface area contributed by atoms with Crippen molar-refractivity contribution < 1.29 is 24.2 Å². The van der Waals surface area contributed by atoms with Crippen molar-refractivity contribution in [3.8, 4) is 0 Å². The Morgan fingerprint density at radius 1 is 1.33 bits per heavy atom. The fraction of sp³-hybridized carbons (Fsp3) is 0.833. The molecule has 0 bridgehead atoms. The molecule has 0 aromatic rings. The van der Waals surface area contributed by atoms with Crippen LogP contribution in [0.4, 0.5) is 0 Å². The van der Waals surface area contributed by atoms with Crippen molar-refractivity contribution in [3.05, 3.63) is 0 Å². The third kappa shape index (κ3) is 2.81. The summed E-state index contributed by atoms with van der Waals surface area (Å²) in [5, 5.41) is 8.98. The molecule has 0 aromatic carbocycles. The van der Waals surface area contributed by atoms with E-state index in [1.54, 1.807) is 4.90 Å². The highest BCUT2D eigenvalue weighted by atomic mass is 16.6. The first-order valence-electron chi connectivity index (χ1n) is 6.32. The second-order valence-corrected chi connectivity index (χ2v) is 4.87. The van der Waals surface area contributed by atoms with E-state index >= 15 is 0 Å². The summed E-state index contributed by atoms with van der Waals surface area (Å²) in [6.45, 7) is 3.63. The van der Waals surface area contributed by atoms with E-state index in [0.29, 0.717) is 39.2 Å². The van der Waals surface area contributed by atoms with Crippen LogP contribution in [-0.2, 0) is 19.1 Å². The fourth-order valence-corrected chi connectivity index (χ4v) is 2.54. The maximum atomic E-state index is 12.2. The summed E-state index contributed by atoms with van der Waals surface area (Å²) in [6.07, 6.45) is 0.496. The first-order valence-corrected chi connectivity index (χ1v) is 6.32. The largest absolute Gasteiger partial charge is 0.481 e. The minimum Gasteiger partial charge on any atom is -0.481 e. The van der Waals surface area contributed by atoms with Crippen LogP contribution in [0.2, 0.25) is 0 Å².